The molecule has 2 aliphatic carbocycles. The molecule has 0 saturated heterocycles. The molecule has 0 radical (unpaired) electrons. The van der Waals surface area contributed by atoms with Crippen molar-refractivity contribution in [1.82, 2.24) is 0 Å². The first-order valence-corrected chi connectivity index (χ1v) is 20.0. The van der Waals surface area contributed by atoms with E-state index in [1.807, 2.05) is 0 Å². The highest BCUT2D eigenvalue weighted by Crippen LogP contribution is 2.57. The molecule has 0 atom stereocenters. The van der Waals surface area contributed by atoms with Crippen LogP contribution in [-0.2, 0) is 5.41 Å². The van der Waals surface area contributed by atoms with Crippen LogP contribution >= 0.6 is 0 Å². The molecule has 1 saturated carbocycles. The minimum Gasteiger partial charge on any atom is -0.338 e. The summed E-state index contributed by atoms with van der Waals surface area (Å²) in [6.45, 7) is 2.25. The molecule has 0 bridgehead atoms. The van der Waals surface area contributed by atoms with Crippen LogP contribution in [0.3, 0.4) is 0 Å². The predicted octanol–water partition coefficient (Wildman–Crippen LogP) is 14.0. The lowest BCUT2D eigenvalue weighted by molar-refractivity contribution is 0.392. The Balaban J connectivity index is 1.22. The Hall–Kier alpha value is -6.18. The second-order valence-electron chi connectivity index (χ2n) is 15.6. The predicted molar refractivity (Wildman–Crippen MR) is 231 cm³/mol. The minimum absolute atomic E-state index is 0.341. The van der Waals surface area contributed by atoms with Gasteiger partial charge in [-0.15, -0.1) is 0 Å². The first-order valence-electron chi connectivity index (χ1n) is 20.0. The van der Waals surface area contributed by atoms with E-state index in [9.17, 15) is 0 Å². The first kappa shape index (κ1) is 33.4. The van der Waals surface area contributed by atoms with Crippen LogP contribution in [0.25, 0.3) is 33.0 Å². The molecule has 0 unspecified atom stereocenters. The number of rotatable bonds is 7. The number of fused-ring (bicyclic) bond motifs is 4. The van der Waals surface area contributed by atoms with Gasteiger partial charge >= 0.3 is 0 Å². The van der Waals surface area contributed by atoms with E-state index in [0.717, 1.165) is 12.8 Å². The average Bonchev–Trinajstić information content (AvgIpc) is 3.55. The number of nitrogens with zero attached hydrogens (tertiary/aromatic N) is 1. The van der Waals surface area contributed by atoms with E-state index >= 15 is 0 Å². The molecule has 0 N–H and O–H groups in total. The van der Waals surface area contributed by atoms with E-state index in [2.05, 4.69) is 206 Å². The highest BCUT2D eigenvalue weighted by atomic mass is 15.2. The Kier molecular flexibility index (Phi) is 8.44. The van der Waals surface area contributed by atoms with Crippen molar-refractivity contribution < 1.29 is 0 Å². The van der Waals surface area contributed by atoms with Crippen molar-refractivity contribution in [3.05, 3.63) is 228 Å². The zero-order chi connectivity index (χ0) is 36.8. The van der Waals surface area contributed by atoms with Gasteiger partial charge < -0.3 is 4.90 Å². The fraction of sp³-hybridized carbons (Fsp3) is 0.148. The van der Waals surface area contributed by atoms with E-state index in [0.29, 0.717) is 12.0 Å². The number of benzene rings is 8. The molecule has 0 aromatic heterocycles. The third-order valence-corrected chi connectivity index (χ3v) is 12.6. The van der Waals surface area contributed by atoms with Gasteiger partial charge in [-0.3, -0.25) is 0 Å². The first-order chi connectivity index (χ1) is 27.2. The summed E-state index contributed by atoms with van der Waals surface area (Å²) in [4.78, 5) is 2.75. The smallest absolute Gasteiger partial charge is 0.0714 e. The maximum Gasteiger partial charge on any atom is 0.0714 e. The van der Waals surface area contributed by atoms with Crippen LogP contribution in [0.15, 0.2) is 194 Å². The Bertz CT molecular complexity index is 2580. The minimum atomic E-state index is -0.455. The van der Waals surface area contributed by atoms with Crippen molar-refractivity contribution >= 4 is 22.1 Å². The second-order valence-corrected chi connectivity index (χ2v) is 15.6. The van der Waals surface area contributed by atoms with Gasteiger partial charge in [-0.1, -0.05) is 170 Å². The summed E-state index contributed by atoms with van der Waals surface area (Å²) < 4.78 is 0. The summed E-state index contributed by atoms with van der Waals surface area (Å²) in [5.74, 6) is 0.588. The van der Waals surface area contributed by atoms with Crippen molar-refractivity contribution in [2.75, 3.05) is 4.90 Å². The highest BCUT2D eigenvalue weighted by molar-refractivity contribution is 5.97. The fourth-order valence-corrected chi connectivity index (χ4v) is 10.0. The molecule has 1 nitrogen and oxygen atoms in total. The normalized spacial score (nSPS) is 17.0. The molecule has 0 heterocycles. The zero-order valence-electron chi connectivity index (χ0n) is 31.4. The van der Waals surface area contributed by atoms with Crippen molar-refractivity contribution in [2.45, 2.75) is 50.0 Å². The number of anilines is 2. The van der Waals surface area contributed by atoms with Gasteiger partial charge in [0.2, 0.25) is 0 Å². The molecule has 1 heteroatoms. The Morgan fingerprint density at radius 1 is 0.436 bits per heavy atom. The molecular weight excluding hydrogens is 663 g/mol. The van der Waals surface area contributed by atoms with Crippen LogP contribution in [0.5, 0.6) is 0 Å². The maximum absolute atomic E-state index is 2.75. The molecule has 266 valence electrons. The van der Waals surface area contributed by atoms with Crippen molar-refractivity contribution in [2.24, 2.45) is 0 Å². The molecule has 0 aliphatic heterocycles. The standard InChI is InChI=1S/C54H45N/c1-38-17-11-14-26-47(38)50-35-41-20-12-13-21-42(41)36-53(50)55(45-31-29-40(30-32-45)39-18-5-2-6-19-39)46-33-34-49-48-27-15-16-28-51(48)54(52(49)37-46,43-22-7-3-8-23-43)44-24-9-4-10-25-44/h2-28,33-37,40,45H,29-32H2,1H3. The Morgan fingerprint density at radius 3 is 1.65 bits per heavy atom. The third kappa shape index (κ3) is 5.61. The molecule has 2 aliphatic rings. The molecule has 8 aromatic rings. The maximum atomic E-state index is 2.75. The quantitative estimate of drug-likeness (QED) is 0.159. The molecule has 0 amide bonds. The molecular formula is C54H45N. The average molecular weight is 708 g/mol. The highest BCUT2D eigenvalue weighted by Gasteiger charge is 2.46. The van der Waals surface area contributed by atoms with Gasteiger partial charge in [-0.05, 0) is 124 Å². The largest absolute Gasteiger partial charge is 0.338 e. The summed E-state index contributed by atoms with van der Waals surface area (Å²) in [7, 11) is 0. The molecule has 8 aromatic carbocycles. The van der Waals surface area contributed by atoms with Gasteiger partial charge in [0.1, 0.15) is 0 Å². The number of aryl methyl sites for hydroxylation is 1. The van der Waals surface area contributed by atoms with Gasteiger partial charge in [-0.2, -0.15) is 0 Å². The van der Waals surface area contributed by atoms with Gasteiger partial charge in [0.15, 0.2) is 0 Å². The van der Waals surface area contributed by atoms with Gasteiger partial charge in [0, 0.05) is 23.0 Å². The van der Waals surface area contributed by atoms with Crippen molar-refractivity contribution in [1.29, 1.82) is 0 Å². The van der Waals surface area contributed by atoms with Crippen LogP contribution in [0.4, 0.5) is 11.4 Å². The van der Waals surface area contributed by atoms with E-state index < -0.39 is 5.41 Å². The van der Waals surface area contributed by atoms with E-state index in [1.165, 1.54) is 90.6 Å². The third-order valence-electron chi connectivity index (χ3n) is 12.6. The lowest BCUT2D eigenvalue weighted by Gasteiger charge is -2.41. The second kappa shape index (κ2) is 13.9. The topological polar surface area (TPSA) is 3.24 Å². The van der Waals surface area contributed by atoms with Crippen molar-refractivity contribution in [3.8, 4) is 22.3 Å². The van der Waals surface area contributed by atoms with Crippen LogP contribution in [0, 0.1) is 6.92 Å². The summed E-state index contributed by atoms with van der Waals surface area (Å²) in [5.41, 5.74) is 15.4. The van der Waals surface area contributed by atoms with Crippen LogP contribution in [-0.4, -0.2) is 6.04 Å². The SMILES string of the molecule is Cc1ccccc1-c1cc2ccccc2cc1N(c1ccc2c(c1)C(c1ccccc1)(c1ccccc1)c1ccccc1-2)C1CCC(c2ccccc2)CC1. The van der Waals surface area contributed by atoms with E-state index in [4.69, 9.17) is 0 Å². The lowest BCUT2D eigenvalue weighted by Crippen LogP contribution is -2.35. The molecule has 10 rings (SSSR count). The monoisotopic (exact) mass is 707 g/mol. The van der Waals surface area contributed by atoms with Gasteiger partial charge in [0.25, 0.3) is 0 Å². The number of hydrogen-bond donors (Lipinski definition) is 0. The Morgan fingerprint density at radius 2 is 0.982 bits per heavy atom. The molecule has 55 heavy (non-hydrogen) atoms. The lowest BCUT2D eigenvalue weighted by atomic mass is 9.67. The van der Waals surface area contributed by atoms with E-state index in [-0.39, 0.29) is 0 Å². The number of hydrogen-bond acceptors (Lipinski definition) is 1. The summed E-state index contributed by atoms with van der Waals surface area (Å²) in [6, 6.07) is 73.1. The van der Waals surface area contributed by atoms with Crippen LogP contribution in [0.1, 0.15) is 65.0 Å². The van der Waals surface area contributed by atoms with Gasteiger partial charge in [-0.25, -0.2) is 0 Å². The van der Waals surface area contributed by atoms with Crippen molar-refractivity contribution in [3.63, 3.8) is 0 Å². The van der Waals surface area contributed by atoms with Gasteiger partial charge in [0.05, 0.1) is 5.41 Å². The van der Waals surface area contributed by atoms with E-state index in [1.54, 1.807) is 0 Å². The van der Waals surface area contributed by atoms with Crippen LogP contribution < -0.4 is 4.90 Å². The Labute approximate surface area is 325 Å². The summed E-state index contributed by atoms with van der Waals surface area (Å²) in [5, 5.41) is 2.54. The fourth-order valence-electron chi connectivity index (χ4n) is 10.0. The molecule has 1 fully saturated rings. The summed E-state index contributed by atoms with van der Waals surface area (Å²) in [6.07, 6.45) is 4.60. The summed E-state index contributed by atoms with van der Waals surface area (Å²) >= 11 is 0. The van der Waals surface area contributed by atoms with Crippen LogP contribution in [0.2, 0.25) is 0 Å². The zero-order valence-corrected chi connectivity index (χ0v) is 31.4. The molecule has 0 spiro atoms.